The summed E-state index contributed by atoms with van der Waals surface area (Å²) in [5.74, 6) is 0.642. The van der Waals surface area contributed by atoms with E-state index in [1.54, 1.807) is 16.7 Å². The van der Waals surface area contributed by atoms with E-state index in [9.17, 15) is 9.59 Å². The quantitative estimate of drug-likeness (QED) is 0.480. The number of carbonyl (C=O) groups is 2. The zero-order chi connectivity index (χ0) is 21.3. The van der Waals surface area contributed by atoms with Crippen molar-refractivity contribution in [2.75, 3.05) is 5.75 Å². The third-order valence-corrected chi connectivity index (χ3v) is 6.95. The molecule has 3 rings (SSSR count). The van der Waals surface area contributed by atoms with Crippen molar-refractivity contribution in [3.63, 3.8) is 0 Å². The summed E-state index contributed by atoms with van der Waals surface area (Å²) in [6, 6.07) is 17.7. The van der Waals surface area contributed by atoms with Crippen molar-refractivity contribution < 1.29 is 9.59 Å². The molecule has 0 bridgehead atoms. The van der Waals surface area contributed by atoms with E-state index in [1.165, 1.54) is 0 Å². The van der Waals surface area contributed by atoms with Crippen molar-refractivity contribution in [3.8, 4) is 0 Å². The van der Waals surface area contributed by atoms with Gasteiger partial charge in [-0.25, -0.2) is 0 Å². The molecule has 0 spiro atoms. The van der Waals surface area contributed by atoms with Gasteiger partial charge in [0.1, 0.15) is 6.04 Å². The fraction of sp³-hybridized carbons (Fsp3) is 0.417. The molecule has 0 heterocycles. The molecule has 160 valence electrons. The van der Waals surface area contributed by atoms with Crippen LogP contribution < -0.4 is 5.32 Å². The summed E-state index contributed by atoms with van der Waals surface area (Å²) in [5, 5.41) is 3.15. The molecule has 1 atom stereocenters. The predicted molar refractivity (Wildman–Crippen MR) is 126 cm³/mol. The Kier molecular flexibility index (Phi) is 8.82. The number of halogens is 1. The number of benzene rings is 2. The second kappa shape index (κ2) is 11.6. The molecule has 1 saturated carbocycles. The van der Waals surface area contributed by atoms with Gasteiger partial charge in [0.25, 0.3) is 0 Å². The lowest BCUT2D eigenvalue weighted by molar-refractivity contribution is -0.140. The zero-order valence-electron chi connectivity index (χ0n) is 17.4. The molecule has 0 aliphatic heterocycles. The van der Waals surface area contributed by atoms with Gasteiger partial charge in [-0.3, -0.25) is 9.59 Å². The number of rotatable bonds is 9. The minimum absolute atomic E-state index is 0.00692. The number of amides is 2. The lowest BCUT2D eigenvalue weighted by Gasteiger charge is -2.30. The van der Waals surface area contributed by atoms with Gasteiger partial charge in [-0.1, -0.05) is 59.1 Å². The summed E-state index contributed by atoms with van der Waals surface area (Å²) in [6.45, 7) is 2.26. The lowest BCUT2D eigenvalue weighted by Crippen LogP contribution is -2.49. The molecule has 0 saturated heterocycles. The second-order valence-electron chi connectivity index (χ2n) is 7.73. The summed E-state index contributed by atoms with van der Waals surface area (Å²) >= 11 is 5.16. The molecule has 4 nitrogen and oxygen atoms in total. The third kappa shape index (κ3) is 6.88. The number of nitrogens with zero attached hydrogens (tertiary/aromatic N) is 1. The van der Waals surface area contributed by atoms with Crippen LogP contribution in [-0.2, 0) is 16.1 Å². The second-order valence-corrected chi connectivity index (χ2v) is 9.81. The Hall–Kier alpha value is -1.79. The highest BCUT2D eigenvalue weighted by Crippen LogP contribution is 2.21. The van der Waals surface area contributed by atoms with Crippen molar-refractivity contribution in [2.45, 2.75) is 62.6 Å². The summed E-state index contributed by atoms with van der Waals surface area (Å²) in [4.78, 5) is 28.9. The Morgan fingerprint density at radius 3 is 2.57 bits per heavy atom. The van der Waals surface area contributed by atoms with Gasteiger partial charge in [0.05, 0.1) is 0 Å². The summed E-state index contributed by atoms with van der Waals surface area (Å²) in [7, 11) is 0. The summed E-state index contributed by atoms with van der Waals surface area (Å²) in [5.41, 5.74) is 1.01. The molecule has 1 aliphatic rings. The van der Waals surface area contributed by atoms with Gasteiger partial charge in [-0.15, -0.1) is 11.8 Å². The van der Waals surface area contributed by atoms with E-state index in [-0.39, 0.29) is 17.9 Å². The van der Waals surface area contributed by atoms with Gasteiger partial charge >= 0.3 is 0 Å². The monoisotopic (exact) mass is 488 g/mol. The maximum Gasteiger partial charge on any atom is 0.242 e. The molecule has 2 amide bonds. The molecule has 0 aromatic heterocycles. The molecule has 2 aromatic rings. The van der Waals surface area contributed by atoms with Crippen LogP contribution in [0.2, 0.25) is 0 Å². The van der Waals surface area contributed by atoms with Crippen LogP contribution in [0.25, 0.3) is 0 Å². The van der Waals surface area contributed by atoms with Gasteiger partial charge < -0.3 is 10.2 Å². The van der Waals surface area contributed by atoms with Crippen LogP contribution in [0.4, 0.5) is 0 Å². The lowest BCUT2D eigenvalue weighted by atomic mass is 10.1. The smallest absolute Gasteiger partial charge is 0.242 e. The van der Waals surface area contributed by atoms with Crippen molar-refractivity contribution >= 4 is 39.5 Å². The fourth-order valence-electron chi connectivity index (χ4n) is 3.72. The van der Waals surface area contributed by atoms with Crippen molar-refractivity contribution in [2.24, 2.45) is 0 Å². The molecular weight excluding hydrogens is 460 g/mol. The number of carbonyl (C=O) groups excluding carboxylic acids is 2. The Labute approximate surface area is 191 Å². The highest BCUT2D eigenvalue weighted by Gasteiger charge is 2.28. The number of thioether (sulfide) groups is 1. The molecular formula is C24H29BrN2O2S. The SMILES string of the molecule is C[C@@H](C(=O)NC1CCCC1)N(Cc1cccc(Br)c1)C(=O)CCSc1ccccc1. The molecule has 30 heavy (non-hydrogen) atoms. The Balaban J connectivity index is 1.65. The number of hydrogen-bond donors (Lipinski definition) is 1. The van der Waals surface area contributed by atoms with Crippen LogP contribution in [-0.4, -0.2) is 34.6 Å². The highest BCUT2D eigenvalue weighted by atomic mass is 79.9. The molecule has 1 N–H and O–H groups in total. The van der Waals surface area contributed by atoms with E-state index in [0.717, 1.165) is 40.6 Å². The third-order valence-electron chi connectivity index (χ3n) is 5.44. The summed E-state index contributed by atoms with van der Waals surface area (Å²) < 4.78 is 0.968. The van der Waals surface area contributed by atoms with Gasteiger partial charge in [-0.2, -0.15) is 0 Å². The first-order valence-electron chi connectivity index (χ1n) is 10.5. The first-order valence-corrected chi connectivity index (χ1v) is 12.3. The molecule has 2 aromatic carbocycles. The van der Waals surface area contributed by atoms with Crippen LogP contribution in [0.3, 0.4) is 0 Å². The summed E-state index contributed by atoms with van der Waals surface area (Å²) in [6.07, 6.45) is 4.79. The van der Waals surface area contributed by atoms with E-state index in [1.807, 2.05) is 61.5 Å². The molecule has 1 aliphatic carbocycles. The fourth-order valence-corrected chi connectivity index (χ4v) is 5.03. The van der Waals surface area contributed by atoms with Gasteiger partial charge in [0.15, 0.2) is 0 Å². The minimum Gasteiger partial charge on any atom is -0.352 e. The zero-order valence-corrected chi connectivity index (χ0v) is 19.8. The Morgan fingerprint density at radius 1 is 1.13 bits per heavy atom. The maximum atomic E-state index is 13.1. The minimum atomic E-state index is -0.501. The van der Waals surface area contributed by atoms with Gasteiger partial charge in [0, 0.05) is 34.1 Å². The topological polar surface area (TPSA) is 49.4 Å². The maximum absolute atomic E-state index is 13.1. The largest absolute Gasteiger partial charge is 0.352 e. The van der Waals surface area contributed by atoms with Crippen LogP contribution in [0.5, 0.6) is 0 Å². The van der Waals surface area contributed by atoms with Crippen LogP contribution in [0, 0.1) is 0 Å². The molecule has 0 unspecified atom stereocenters. The Morgan fingerprint density at radius 2 is 1.87 bits per heavy atom. The van der Waals surface area contributed by atoms with Gasteiger partial charge in [0.2, 0.25) is 11.8 Å². The average molecular weight is 489 g/mol. The molecule has 1 fully saturated rings. The first kappa shape index (κ1) is 22.9. The van der Waals surface area contributed by atoms with E-state index in [2.05, 4.69) is 21.2 Å². The molecule has 0 radical (unpaired) electrons. The van der Waals surface area contributed by atoms with Gasteiger partial charge in [-0.05, 0) is 49.6 Å². The van der Waals surface area contributed by atoms with Crippen molar-refractivity contribution in [3.05, 3.63) is 64.6 Å². The van der Waals surface area contributed by atoms with Crippen LogP contribution >= 0.6 is 27.7 Å². The first-order chi connectivity index (χ1) is 14.5. The normalized spacial score (nSPS) is 15.0. The Bertz CT molecular complexity index is 840. The average Bonchev–Trinajstić information content (AvgIpc) is 3.25. The van der Waals surface area contributed by atoms with Crippen molar-refractivity contribution in [1.29, 1.82) is 0 Å². The highest BCUT2D eigenvalue weighted by molar-refractivity contribution is 9.10. The predicted octanol–water partition coefficient (Wildman–Crippen LogP) is 5.41. The van der Waals surface area contributed by atoms with E-state index in [0.29, 0.717) is 18.7 Å². The van der Waals surface area contributed by atoms with E-state index >= 15 is 0 Å². The van der Waals surface area contributed by atoms with Crippen LogP contribution in [0.1, 0.15) is 44.6 Å². The number of hydrogen-bond acceptors (Lipinski definition) is 3. The number of nitrogens with one attached hydrogen (secondary N) is 1. The van der Waals surface area contributed by atoms with E-state index in [4.69, 9.17) is 0 Å². The molecule has 6 heteroatoms. The van der Waals surface area contributed by atoms with E-state index < -0.39 is 6.04 Å². The van der Waals surface area contributed by atoms with Crippen LogP contribution in [0.15, 0.2) is 64.0 Å². The van der Waals surface area contributed by atoms with Crippen molar-refractivity contribution in [1.82, 2.24) is 10.2 Å². The standard InChI is InChI=1S/C24H29BrN2O2S/c1-18(24(29)26-21-10-5-6-11-21)27(17-19-8-7-9-20(25)16-19)23(28)14-15-30-22-12-3-2-4-13-22/h2-4,7-9,12-13,16,18,21H,5-6,10-11,14-15,17H2,1H3,(H,26,29)/t18-/m0/s1.